The fourth-order valence-corrected chi connectivity index (χ4v) is 12.2. The fraction of sp³-hybridized carbons (Fsp3) is 0.943. The van der Waals surface area contributed by atoms with Crippen molar-refractivity contribution in [3.05, 3.63) is 0 Å². The van der Waals surface area contributed by atoms with Crippen LogP contribution in [-0.4, -0.2) is 96.7 Å². The van der Waals surface area contributed by atoms with Gasteiger partial charge in [-0.05, 0) is 31.6 Å². The van der Waals surface area contributed by atoms with Crippen LogP contribution >= 0.6 is 15.6 Å². The van der Waals surface area contributed by atoms with Crippen molar-refractivity contribution in [2.75, 3.05) is 39.6 Å². The maximum atomic E-state index is 13.0. The number of hydrogen-bond donors (Lipinski definition) is 3. The third-order valence-electron chi connectivity index (χ3n) is 16.3. The number of aliphatic hydroxyl groups is 1. The van der Waals surface area contributed by atoms with Crippen molar-refractivity contribution in [2.45, 2.75) is 380 Å². The molecule has 19 heteroatoms. The maximum absolute atomic E-state index is 13.0. The summed E-state index contributed by atoms with van der Waals surface area (Å²) in [6.45, 7) is 7.15. The highest BCUT2D eigenvalue weighted by molar-refractivity contribution is 7.47. The summed E-state index contributed by atoms with van der Waals surface area (Å²) in [6.07, 6.45) is 50.2. The second-order valence-electron chi connectivity index (χ2n) is 25.7. The Hall–Kier alpha value is -1.94. The van der Waals surface area contributed by atoms with Crippen molar-refractivity contribution in [3.63, 3.8) is 0 Å². The number of aliphatic hydroxyl groups excluding tert-OH is 1. The second-order valence-corrected chi connectivity index (χ2v) is 28.7. The van der Waals surface area contributed by atoms with Crippen LogP contribution < -0.4 is 0 Å². The second kappa shape index (κ2) is 63.5. The lowest BCUT2D eigenvalue weighted by Crippen LogP contribution is -2.30. The number of esters is 4. The molecule has 5 atom stereocenters. The zero-order valence-electron chi connectivity index (χ0n) is 57.6. The van der Waals surface area contributed by atoms with Crippen LogP contribution in [0.2, 0.25) is 0 Å². The Balaban J connectivity index is 5.18. The van der Waals surface area contributed by atoms with Gasteiger partial charge in [0.25, 0.3) is 0 Å². The minimum Gasteiger partial charge on any atom is -0.462 e. The van der Waals surface area contributed by atoms with E-state index in [0.717, 1.165) is 96.3 Å². The highest BCUT2D eigenvalue weighted by Gasteiger charge is 2.30. The van der Waals surface area contributed by atoms with Gasteiger partial charge in [0.2, 0.25) is 0 Å². The first-order chi connectivity index (χ1) is 43.0. The first-order valence-electron chi connectivity index (χ1n) is 36.6. The van der Waals surface area contributed by atoms with Crippen molar-refractivity contribution in [3.8, 4) is 0 Å². The predicted octanol–water partition coefficient (Wildman–Crippen LogP) is 20.1. The minimum atomic E-state index is -4.95. The van der Waals surface area contributed by atoms with Gasteiger partial charge in [0, 0.05) is 25.7 Å². The van der Waals surface area contributed by atoms with Crippen LogP contribution in [0.15, 0.2) is 0 Å². The number of ether oxygens (including phenoxy) is 4. The summed E-state index contributed by atoms with van der Waals surface area (Å²) in [6, 6.07) is 0. The van der Waals surface area contributed by atoms with Gasteiger partial charge in [-0.3, -0.25) is 37.3 Å². The average molecular weight is 1310 g/mol. The first-order valence-corrected chi connectivity index (χ1v) is 39.6. The highest BCUT2D eigenvalue weighted by atomic mass is 31.2. The molecule has 0 spiro atoms. The van der Waals surface area contributed by atoms with Gasteiger partial charge in [-0.15, -0.1) is 0 Å². The zero-order chi connectivity index (χ0) is 65.6. The van der Waals surface area contributed by atoms with E-state index in [1.54, 1.807) is 0 Å². The molecule has 528 valence electrons. The number of carbonyl (C=O) groups is 4. The van der Waals surface area contributed by atoms with Crippen LogP contribution in [0.5, 0.6) is 0 Å². The lowest BCUT2D eigenvalue weighted by atomic mass is 10.0. The van der Waals surface area contributed by atoms with Crippen LogP contribution in [0.25, 0.3) is 0 Å². The van der Waals surface area contributed by atoms with E-state index in [0.29, 0.717) is 31.6 Å². The summed E-state index contributed by atoms with van der Waals surface area (Å²) in [5.41, 5.74) is 0. The Kier molecular flexibility index (Phi) is 62.1. The molecule has 0 aromatic heterocycles. The molecular formula is C70H136O17P2. The zero-order valence-corrected chi connectivity index (χ0v) is 59.4. The van der Waals surface area contributed by atoms with E-state index in [1.165, 1.54) is 180 Å². The van der Waals surface area contributed by atoms with Crippen LogP contribution in [0.1, 0.15) is 362 Å². The molecule has 0 aromatic rings. The fourth-order valence-electron chi connectivity index (χ4n) is 10.6. The van der Waals surface area contributed by atoms with Gasteiger partial charge in [-0.1, -0.05) is 311 Å². The van der Waals surface area contributed by atoms with Gasteiger partial charge in [0.05, 0.1) is 26.4 Å². The number of rotatable bonds is 70. The number of hydrogen-bond acceptors (Lipinski definition) is 15. The van der Waals surface area contributed by atoms with Crippen LogP contribution in [0.3, 0.4) is 0 Å². The predicted molar refractivity (Wildman–Crippen MR) is 358 cm³/mol. The molecule has 89 heavy (non-hydrogen) atoms. The van der Waals surface area contributed by atoms with Crippen LogP contribution in [0.4, 0.5) is 0 Å². The summed E-state index contributed by atoms with van der Waals surface area (Å²) < 4.78 is 68.2. The Labute approximate surface area is 543 Å². The van der Waals surface area contributed by atoms with E-state index in [-0.39, 0.29) is 25.7 Å². The lowest BCUT2D eigenvalue weighted by Gasteiger charge is -2.21. The molecule has 0 aromatic carbocycles. The minimum absolute atomic E-state index is 0.104. The summed E-state index contributed by atoms with van der Waals surface area (Å²) in [5, 5.41) is 10.6. The van der Waals surface area contributed by atoms with Gasteiger partial charge in [-0.2, -0.15) is 0 Å². The molecule has 0 saturated carbocycles. The van der Waals surface area contributed by atoms with Gasteiger partial charge < -0.3 is 33.8 Å². The molecule has 0 aliphatic carbocycles. The van der Waals surface area contributed by atoms with Crippen molar-refractivity contribution in [1.82, 2.24) is 0 Å². The summed E-state index contributed by atoms with van der Waals surface area (Å²) in [5.74, 6) is -1.43. The normalized spacial score (nSPS) is 14.1. The standard InChI is InChI=1S/C70H136O17P2/c1-6-9-12-15-18-21-23-25-26-27-28-29-30-31-33-35-40-45-50-55-69(74)86-65(60-81-68(73)54-49-44-39-34-32-24-22-19-16-13-10-7-2)61-84-88(76,77)82-57-64(71)58-83-89(78,79)85-62-66(59-80-67(72)53-48-43-38-20-17-14-11-8-3)87-70(75)56-51-46-41-36-37-42-47-52-63(4)5/h63-66,71H,6-62H2,1-5H3,(H,76,77)(H,78,79)/t64-,65-,66-/m1/s1. The first kappa shape index (κ1) is 87.1. The van der Waals surface area contributed by atoms with E-state index >= 15 is 0 Å². The number of phosphoric acid groups is 2. The van der Waals surface area contributed by atoms with E-state index in [2.05, 4.69) is 34.6 Å². The Morgan fingerprint density at radius 1 is 0.303 bits per heavy atom. The molecule has 0 rings (SSSR count). The molecule has 0 radical (unpaired) electrons. The molecule has 0 amide bonds. The van der Waals surface area contributed by atoms with E-state index in [4.69, 9.17) is 37.0 Å². The lowest BCUT2D eigenvalue weighted by molar-refractivity contribution is -0.161. The smallest absolute Gasteiger partial charge is 0.462 e. The number of carbonyl (C=O) groups excluding carboxylic acids is 4. The number of phosphoric ester groups is 2. The van der Waals surface area contributed by atoms with E-state index in [9.17, 15) is 43.2 Å². The van der Waals surface area contributed by atoms with Crippen LogP contribution in [-0.2, 0) is 65.4 Å². The van der Waals surface area contributed by atoms with E-state index < -0.39 is 97.5 Å². The molecule has 0 heterocycles. The maximum Gasteiger partial charge on any atom is 0.472 e. The largest absolute Gasteiger partial charge is 0.472 e. The third-order valence-corrected chi connectivity index (χ3v) is 18.2. The number of unbranched alkanes of at least 4 members (excludes halogenated alkanes) is 42. The van der Waals surface area contributed by atoms with Gasteiger partial charge in [0.15, 0.2) is 12.2 Å². The van der Waals surface area contributed by atoms with Crippen molar-refractivity contribution < 1.29 is 80.2 Å². The Morgan fingerprint density at radius 3 is 0.764 bits per heavy atom. The molecular weight excluding hydrogens is 1170 g/mol. The molecule has 0 fully saturated rings. The molecule has 17 nitrogen and oxygen atoms in total. The molecule has 3 N–H and O–H groups in total. The van der Waals surface area contributed by atoms with Crippen molar-refractivity contribution >= 4 is 39.5 Å². The van der Waals surface area contributed by atoms with Crippen LogP contribution in [0, 0.1) is 5.92 Å². The SMILES string of the molecule is CCCCCCCCCCCCCCCCCCCCCC(=O)O[C@H](COC(=O)CCCCCCCCCCCCCC)COP(=O)(O)OC[C@@H](O)COP(=O)(O)OC[C@@H](COC(=O)CCCCCCCCCC)OC(=O)CCCCCCCCCC(C)C. The molecule has 0 saturated heterocycles. The van der Waals surface area contributed by atoms with Gasteiger partial charge in [-0.25, -0.2) is 9.13 Å². The van der Waals surface area contributed by atoms with Gasteiger partial charge >= 0.3 is 39.5 Å². The Morgan fingerprint density at radius 2 is 0.517 bits per heavy atom. The van der Waals surface area contributed by atoms with E-state index in [1.807, 2.05) is 0 Å². The molecule has 0 aliphatic rings. The Bertz CT molecular complexity index is 1720. The molecule has 2 unspecified atom stereocenters. The highest BCUT2D eigenvalue weighted by Crippen LogP contribution is 2.45. The third kappa shape index (κ3) is 64.6. The monoisotopic (exact) mass is 1310 g/mol. The topological polar surface area (TPSA) is 237 Å². The van der Waals surface area contributed by atoms with Crippen molar-refractivity contribution in [2.24, 2.45) is 5.92 Å². The molecule has 0 bridgehead atoms. The van der Waals surface area contributed by atoms with Gasteiger partial charge in [0.1, 0.15) is 19.3 Å². The quantitative estimate of drug-likeness (QED) is 0.0222. The summed E-state index contributed by atoms with van der Waals surface area (Å²) in [7, 11) is -9.89. The van der Waals surface area contributed by atoms with Crippen molar-refractivity contribution in [1.29, 1.82) is 0 Å². The summed E-state index contributed by atoms with van der Waals surface area (Å²) in [4.78, 5) is 72.4. The molecule has 0 aliphatic heterocycles. The average Bonchev–Trinajstić information content (AvgIpc) is 3.52. The summed E-state index contributed by atoms with van der Waals surface area (Å²) >= 11 is 0.